The van der Waals surface area contributed by atoms with E-state index >= 15 is 0 Å². The number of nitrogens with zero attached hydrogens (tertiary/aromatic N) is 1. The lowest BCUT2D eigenvalue weighted by atomic mass is 9.83. The molecule has 0 saturated carbocycles. The van der Waals surface area contributed by atoms with E-state index in [9.17, 15) is 15.0 Å². The molecule has 1 aromatic heterocycles. The van der Waals surface area contributed by atoms with E-state index in [1.807, 2.05) is 45.2 Å². The summed E-state index contributed by atoms with van der Waals surface area (Å²) < 4.78 is 5.45. The van der Waals surface area contributed by atoms with Crippen LogP contribution in [0, 0.1) is 5.41 Å². The maximum absolute atomic E-state index is 12.2. The highest BCUT2D eigenvalue weighted by molar-refractivity contribution is 5.95. The van der Waals surface area contributed by atoms with Crippen molar-refractivity contribution in [1.29, 1.82) is 0 Å². The zero-order valence-electron chi connectivity index (χ0n) is 16.9. The van der Waals surface area contributed by atoms with Crippen LogP contribution in [0.2, 0.25) is 0 Å². The molecular weight excluding hydrogens is 362 g/mol. The lowest BCUT2D eigenvalue weighted by Gasteiger charge is -2.32. The Morgan fingerprint density at radius 2 is 2.00 bits per heavy atom. The van der Waals surface area contributed by atoms with Crippen LogP contribution in [0.15, 0.2) is 35.6 Å². The van der Waals surface area contributed by atoms with Crippen molar-refractivity contribution in [3.8, 4) is 0 Å². The molecule has 154 valence electrons. The summed E-state index contributed by atoms with van der Waals surface area (Å²) in [5.74, 6) is -0.394. The zero-order valence-corrected chi connectivity index (χ0v) is 16.9. The van der Waals surface area contributed by atoms with Gasteiger partial charge in [0.05, 0.1) is 6.10 Å². The molecular formula is C20H29N3O5. The van der Waals surface area contributed by atoms with Crippen molar-refractivity contribution in [2.24, 2.45) is 10.6 Å². The van der Waals surface area contributed by atoms with E-state index in [1.54, 1.807) is 6.07 Å². The molecule has 0 aliphatic heterocycles. The molecule has 28 heavy (non-hydrogen) atoms. The molecule has 0 bridgehead atoms. The fourth-order valence-electron chi connectivity index (χ4n) is 2.92. The molecule has 0 fully saturated rings. The van der Waals surface area contributed by atoms with Crippen LogP contribution in [0.25, 0.3) is 10.9 Å². The maximum Gasteiger partial charge on any atom is 0.265 e. The Balaban J connectivity index is 2.05. The Kier molecular flexibility index (Phi) is 7.17. The van der Waals surface area contributed by atoms with Crippen LogP contribution in [0.5, 0.6) is 0 Å². The number of methoxy groups -OCH3 is 1. The molecule has 0 saturated heterocycles. The number of nitrogens with one attached hydrogen (secondary N) is 2. The van der Waals surface area contributed by atoms with Crippen molar-refractivity contribution < 1.29 is 24.6 Å². The smallest absolute Gasteiger partial charge is 0.265 e. The van der Waals surface area contributed by atoms with Crippen molar-refractivity contribution in [1.82, 2.24) is 4.98 Å². The van der Waals surface area contributed by atoms with Gasteiger partial charge >= 0.3 is 0 Å². The number of hydrogen-bond acceptors (Lipinski definition) is 6. The highest BCUT2D eigenvalue weighted by atomic mass is 16.6. The summed E-state index contributed by atoms with van der Waals surface area (Å²) in [5, 5.41) is 27.7. The van der Waals surface area contributed by atoms with Gasteiger partial charge in [-0.25, -0.2) is 0 Å². The molecule has 0 aliphatic rings. The number of aliphatic hydroxyl groups is 2. The minimum atomic E-state index is -1.27. The molecule has 3 atom stereocenters. The van der Waals surface area contributed by atoms with Gasteiger partial charge in [0.25, 0.3) is 5.91 Å². The van der Waals surface area contributed by atoms with E-state index in [1.165, 1.54) is 14.0 Å². The molecule has 1 heterocycles. The summed E-state index contributed by atoms with van der Waals surface area (Å²) in [4.78, 5) is 20.4. The number of oxime groups is 1. The average molecular weight is 391 g/mol. The van der Waals surface area contributed by atoms with Gasteiger partial charge < -0.3 is 30.1 Å². The average Bonchev–Trinajstić information content (AvgIpc) is 3.06. The Bertz CT molecular complexity index is 823. The summed E-state index contributed by atoms with van der Waals surface area (Å²) in [6.45, 7) is 6.83. The summed E-state index contributed by atoms with van der Waals surface area (Å²) in [7, 11) is 1.49. The Morgan fingerprint density at radius 1 is 1.29 bits per heavy atom. The fraction of sp³-hybridized carbons (Fsp3) is 0.500. The first-order valence-corrected chi connectivity index (χ1v) is 9.09. The number of amides is 1. The Hall–Kier alpha value is -2.42. The Labute approximate surface area is 164 Å². The van der Waals surface area contributed by atoms with E-state index in [2.05, 4.69) is 15.5 Å². The maximum atomic E-state index is 12.2. The topological polar surface area (TPSA) is 116 Å². The molecule has 0 aliphatic carbocycles. The summed E-state index contributed by atoms with van der Waals surface area (Å²) in [5.41, 5.74) is 1.34. The summed E-state index contributed by atoms with van der Waals surface area (Å²) in [6.07, 6.45) is -1.12. The second kappa shape index (κ2) is 9.18. The van der Waals surface area contributed by atoms with Crippen molar-refractivity contribution in [2.45, 2.75) is 46.0 Å². The number of carbonyl (C=O) groups is 1. The summed E-state index contributed by atoms with van der Waals surface area (Å²) in [6, 6.07) is 7.40. The largest absolute Gasteiger partial charge is 0.390 e. The molecule has 8 nitrogen and oxygen atoms in total. The number of hydrogen-bond donors (Lipinski definition) is 4. The molecule has 2 rings (SSSR count). The number of aliphatic hydroxyl groups excluding tert-OH is 2. The minimum absolute atomic E-state index is 0.131. The minimum Gasteiger partial charge on any atom is -0.390 e. The number of ether oxygens (including phenoxy) is 1. The highest BCUT2D eigenvalue weighted by Crippen LogP contribution is 2.25. The van der Waals surface area contributed by atoms with Crippen molar-refractivity contribution in [2.75, 3.05) is 19.0 Å². The molecule has 2 aromatic rings. The van der Waals surface area contributed by atoms with Crippen molar-refractivity contribution in [3.05, 3.63) is 30.5 Å². The fourth-order valence-corrected chi connectivity index (χ4v) is 2.92. The van der Waals surface area contributed by atoms with Crippen molar-refractivity contribution >= 4 is 28.2 Å². The predicted octanol–water partition coefficient (Wildman–Crippen LogP) is 2.28. The second-order valence-corrected chi connectivity index (χ2v) is 7.78. The number of aromatic amines is 1. The third-order valence-electron chi connectivity index (χ3n) is 4.25. The lowest BCUT2D eigenvalue weighted by Crippen LogP contribution is -2.46. The van der Waals surface area contributed by atoms with E-state index < -0.39 is 29.6 Å². The first-order chi connectivity index (χ1) is 13.1. The molecule has 1 aromatic carbocycles. The molecule has 1 amide bonds. The van der Waals surface area contributed by atoms with Crippen LogP contribution in [0.4, 0.5) is 5.69 Å². The van der Waals surface area contributed by atoms with Gasteiger partial charge in [-0.3, -0.25) is 4.79 Å². The molecule has 4 N–H and O–H groups in total. The second-order valence-electron chi connectivity index (χ2n) is 7.78. The van der Waals surface area contributed by atoms with Crippen LogP contribution in [0.1, 0.15) is 27.7 Å². The number of anilines is 1. The van der Waals surface area contributed by atoms with Gasteiger partial charge in [-0.15, -0.1) is 0 Å². The number of carbonyl (C=O) groups excluding carboxylic acids is 1. The molecule has 8 heteroatoms. The molecule has 0 radical (unpaired) electrons. The van der Waals surface area contributed by atoms with Gasteiger partial charge in [0.2, 0.25) is 0 Å². The SMILES string of the molecule is CO[C@H](/C(=N/OCC(=O)Nc1ccc2[nH]ccc2c1)[C@@H](O)[C@@H](C)O)C(C)(C)C. The van der Waals surface area contributed by atoms with E-state index in [0.717, 1.165) is 10.9 Å². The quantitative estimate of drug-likeness (QED) is 0.407. The van der Waals surface area contributed by atoms with Crippen LogP contribution in [-0.4, -0.2) is 58.8 Å². The number of H-pyrrole nitrogens is 1. The first-order valence-electron chi connectivity index (χ1n) is 9.09. The molecule has 0 unspecified atom stereocenters. The number of fused-ring (bicyclic) bond motifs is 1. The third-order valence-corrected chi connectivity index (χ3v) is 4.25. The predicted molar refractivity (Wildman–Crippen MR) is 108 cm³/mol. The monoisotopic (exact) mass is 391 g/mol. The Morgan fingerprint density at radius 3 is 2.61 bits per heavy atom. The third kappa shape index (κ3) is 5.54. The number of rotatable bonds is 8. The van der Waals surface area contributed by atoms with E-state index in [4.69, 9.17) is 9.57 Å². The van der Waals surface area contributed by atoms with Crippen LogP contribution in [0.3, 0.4) is 0 Å². The summed E-state index contributed by atoms with van der Waals surface area (Å²) >= 11 is 0. The number of benzene rings is 1. The van der Waals surface area contributed by atoms with Crippen LogP contribution >= 0.6 is 0 Å². The van der Waals surface area contributed by atoms with Crippen LogP contribution in [-0.2, 0) is 14.4 Å². The standard InChI is InChI=1S/C20H29N3O5/c1-12(24)18(26)17(19(27-5)20(2,3)4)23-28-11-16(25)22-14-6-7-15-13(10-14)8-9-21-15/h6-10,12,18-19,21,24,26H,11H2,1-5H3,(H,22,25)/b23-17+/t12-,18+,19-/m1/s1. The normalized spacial score (nSPS) is 15.9. The zero-order chi connectivity index (χ0) is 20.9. The lowest BCUT2D eigenvalue weighted by molar-refractivity contribution is -0.120. The van der Waals surface area contributed by atoms with Gasteiger partial charge in [0, 0.05) is 29.9 Å². The van der Waals surface area contributed by atoms with Crippen molar-refractivity contribution in [3.63, 3.8) is 0 Å². The van der Waals surface area contributed by atoms with E-state index in [0.29, 0.717) is 5.69 Å². The van der Waals surface area contributed by atoms with E-state index in [-0.39, 0.29) is 12.3 Å². The van der Waals surface area contributed by atoms with Gasteiger partial charge in [-0.1, -0.05) is 25.9 Å². The first kappa shape index (κ1) is 21.9. The van der Waals surface area contributed by atoms with Gasteiger partial charge in [0.15, 0.2) is 6.61 Å². The number of aromatic nitrogens is 1. The highest BCUT2D eigenvalue weighted by Gasteiger charge is 2.35. The van der Waals surface area contributed by atoms with Gasteiger partial charge in [-0.2, -0.15) is 0 Å². The van der Waals surface area contributed by atoms with Crippen LogP contribution < -0.4 is 5.32 Å². The van der Waals surface area contributed by atoms with Gasteiger partial charge in [-0.05, 0) is 36.6 Å². The molecule has 0 spiro atoms. The van der Waals surface area contributed by atoms with Gasteiger partial charge in [0.1, 0.15) is 17.9 Å².